The average Bonchev–Trinajstić information content (AvgIpc) is 2.17. The zero-order valence-corrected chi connectivity index (χ0v) is 8.66. The van der Waals surface area contributed by atoms with Crippen molar-refractivity contribution in [3.05, 3.63) is 12.7 Å². The zero-order chi connectivity index (χ0) is 11.7. The summed E-state index contributed by atoms with van der Waals surface area (Å²) in [5.41, 5.74) is 0. The first-order valence-corrected chi connectivity index (χ1v) is 4.44. The summed E-state index contributed by atoms with van der Waals surface area (Å²) in [4.78, 5) is 21.8. The van der Waals surface area contributed by atoms with Crippen LogP contribution in [-0.4, -0.2) is 49.8 Å². The Labute approximate surface area is 88.3 Å². The zero-order valence-electron chi connectivity index (χ0n) is 8.66. The van der Waals surface area contributed by atoms with Crippen LogP contribution in [0.2, 0.25) is 0 Å². The van der Waals surface area contributed by atoms with Gasteiger partial charge < -0.3 is 20.5 Å². The Balaban J connectivity index is 3.88. The average molecular weight is 216 g/mol. The summed E-state index contributed by atoms with van der Waals surface area (Å²) in [7, 11) is 1.37. The Morgan fingerprint density at radius 1 is 1.60 bits per heavy atom. The number of nitrogens with one attached hydrogen (secondary N) is 2. The summed E-state index contributed by atoms with van der Waals surface area (Å²) in [5.74, 6) is -1.50. The lowest BCUT2D eigenvalue weighted by Gasteiger charge is -2.13. The van der Waals surface area contributed by atoms with Crippen LogP contribution < -0.4 is 10.6 Å². The number of ether oxygens (including phenoxy) is 1. The maximum Gasteiger partial charge on any atom is 0.328 e. The van der Waals surface area contributed by atoms with Crippen LogP contribution in [0.5, 0.6) is 0 Å². The highest BCUT2D eigenvalue weighted by molar-refractivity contribution is 5.84. The van der Waals surface area contributed by atoms with Gasteiger partial charge in [0.25, 0.3) is 0 Å². The number of carbonyl (C=O) groups excluding carboxylic acids is 1. The molecule has 1 unspecified atom stereocenters. The van der Waals surface area contributed by atoms with E-state index < -0.39 is 12.0 Å². The molecule has 0 rings (SSSR count). The maximum absolute atomic E-state index is 11.2. The van der Waals surface area contributed by atoms with E-state index in [1.165, 1.54) is 7.11 Å². The topological polar surface area (TPSA) is 87.7 Å². The minimum absolute atomic E-state index is 0.0530. The van der Waals surface area contributed by atoms with Gasteiger partial charge in [0.05, 0.1) is 13.2 Å². The summed E-state index contributed by atoms with van der Waals surface area (Å²) in [5, 5.41) is 13.8. The monoisotopic (exact) mass is 216 g/mol. The van der Waals surface area contributed by atoms with Gasteiger partial charge in [0, 0.05) is 13.7 Å². The molecule has 15 heavy (non-hydrogen) atoms. The van der Waals surface area contributed by atoms with Crippen LogP contribution in [0.15, 0.2) is 12.7 Å². The van der Waals surface area contributed by atoms with E-state index in [1.54, 1.807) is 6.08 Å². The van der Waals surface area contributed by atoms with E-state index in [1.807, 2.05) is 0 Å². The van der Waals surface area contributed by atoms with Crippen molar-refractivity contribution >= 4 is 11.9 Å². The molecule has 0 spiro atoms. The smallest absolute Gasteiger partial charge is 0.328 e. The molecule has 3 N–H and O–H groups in total. The lowest BCUT2D eigenvalue weighted by molar-refractivity contribution is -0.143. The first-order chi connectivity index (χ1) is 7.11. The third-order valence-corrected chi connectivity index (χ3v) is 1.54. The molecule has 1 atom stereocenters. The molecule has 0 aliphatic rings. The van der Waals surface area contributed by atoms with Gasteiger partial charge >= 0.3 is 5.97 Å². The standard InChI is InChI=1S/C9H16N2O4/c1-3-4-10-5-8(12)11-7(6-15-2)9(13)14/h3,7,10H,1,4-6H2,2H3,(H,11,12)(H,13,14). The molecule has 0 radical (unpaired) electrons. The summed E-state index contributed by atoms with van der Waals surface area (Å²) in [6, 6.07) is -1.01. The molecule has 0 heterocycles. The largest absolute Gasteiger partial charge is 0.480 e. The van der Waals surface area contributed by atoms with Crippen LogP contribution in [0.25, 0.3) is 0 Å². The van der Waals surface area contributed by atoms with Gasteiger partial charge in [-0.25, -0.2) is 4.79 Å². The van der Waals surface area contributed by atoms with Crippen molar-refractivity contribution in [2.45, 2.75) is 6.04 Å². The third-order valence-electron chi connectivity index (χ3n) is 1.54. The molecule has 0 aromatic rings. The lowest BCUT2D eigenvalue weighted by atomic mass is 10.3. The van der Waals surface area contributed by atoms with E-state index >= 15 is 0 Å². The number of rotatable bonds is 8. The number of amides is 1. The lowest BCUT2D eigenvalue weighted by Crippen LogP contribution is -2.46. The molecule has 0 bridgehead atoms. The normalized spacial score (nSPS) is 11.8. The molecule has 1 amide bonds. The number of hydrogen-bond acceptors (Lipinski definition) is 4. The van der Waals surface area contributed by atoms with Crippen molar-refractivity contribution in [1.82, 2.24) is 10.6 Å². The summed E-state index contributed by atoms with van der Waals surface area (Å²) >= 11 is 0. The quantitative estimate of drug-likeness (QED) is 0.357. The van der Waals surface area contributed by atoms with Crippen LogP contribution in [-0.2, 0) is 14.3 Å². The van der Waals surface area contributed by atoms with Crippen LogP contribution in [0.3, 0.4) is 0 Å². The van der Waals surface area contributed by atoms with Gasteiger partial charge in [0.2, 0.25) is 5.91 Å². The van der Waals surface area contributed by atoms with Gasteiger partial charge in [-0.1, -0.05) is 6.08 Å². The molecular weight excluding hydrogens is 200 g/mol. The molecular formula is C9H16N2O4. The van der Waals surface area contributed by atoms with Gasteiger partial charge in [0.15, 0.2) is 6.04 Å². The fourth-order valence-corrected chi connectivity index (χ4v) is 0.874. The SMILES string of the molecule is C=CCNCC(=O)NC(COC)C(=O)O. The van der Waals surface area contributed by atoms with Crippen LogP contribution >= 0.6 is 0 Å². The molecule has 0 aliphatic heterocycles. The van der Waals surface area contributed by atoms with E-state index in [0.717, 1.165) is 0 Å². The van der Waals surface area contributed by atoms with Crippen molar-refractivity contribution in [3.63, 3.8) is 0 Å². The van der Waals surface area contributed by atoms with Crippen LogP contribution in [0.1, 0.15) is 0 Å². The fraction of sp³-hybridized carbons (Fsp3) is 0.556. The van der Waals surface area contributed by atoms with Gasteiger partial charge in [-0.3, -0.25) is 4.79 Å². The Morgan fingerprint density at radius 3 is 2.73 bits per heavy atom. The molecule has 6 nitrogen and oxygen atoms in total. The number of aliphatic carboxylic acids is 1. The van der Waals surface area contributed by atoms with Crippen LogP contribution in [0.4, 0.5) is 0 Å². The highest BCUT2D eigenvalue weighted by atomic mass is 16.5. The van der Waals surface area contributed by atoms with Crippen molar-refractivity contribution in [2.24, 2.45) is 0 Å². The molecule has 0 aromatic heterocycles. The number of methoxy groups -OCH3 is 1. The highest BCUT2D eigenvalue weighted by Crippen LogP contribution is 1.85. The summed E-state index contributed by atoms with van der Waals surface area (Å²) < 4.78 is 4.66. The van der Waals surface area contributed by atoms with Gasteiger partial charge in [-0.2, -0.15) is 0 Å². The van der Waals surface area contributed by atoms with Crippen molar-refractivity contribution in [2.75, 3.05) is 26.8 Å². The van der Waals surface area contributed by atoms with Crippen molar-refractivity contribution in [1.29, 1.82) is 0 Å². The van der Waals surface area contributed by atoms with Gasteiger partial charge in [-0.05, 0) is 0 Å². The molecule has 0 fully saturated rings. The fourth-order valence-electron chi connectivity index (χ4n) is 0.874. The molecule has 0 aliphatic carbocycles. The molecule has 86 valence electrons. The second kappa shape index (κ2) is 7.95. The Morgan fingerprint density at radius 2 is 2.27 bits per heavy atom. The molecule has 0 saturated carbocycles. The number of carbonyl (C=O) groups is 2. The first kappa shape index (κ1) is 13.6. The van der Waals surface area contributed by atoms with Crippen molar-refractivity contribution in [3.8, 4) is 0 Å². The number of carboxylic acids is 1. The van der Waals surface area contributed by atoms with E-state index in [4.69, 9.17) is 5.11 Å². The maximum atomic E-state index is 11.2. The van der Waals surface area contributed by atoms with Gasteiger partial charge in [0.1, 0.15) is 0 Å². The minimum Gasteiger partial charge on any atom is -0.480 e. The van der Waals surface area contributed by atoms with E-state index in [-0.39, 0.29) is 19.1 Å². The number of hydrogen-bond donors (Lipinski definition) is 3. The molecule has 0 saturated heterocycles. The Bertz CT molecular complexity index is 230. The highest BCUT2D eigenvalue weighted by Gasteiger charge is 2.18. The minimum atomic E-state index is -1.12. The van der Waals surface area contributed by atoms with Crippen molar-refractivity contribution < 1.29 is 19.4 Å². The predicted octanol–water partition coefficient (Wildman–Crippen LogP) is -1.02. The third kappa shape index (κ3) is 6.64. The van der Waals surface area contributed by atoms with Crippen LogP contribution in [0, 0.1) is 0 Å². The number of carboxylic acid groups (broad SMARTS) is 1. The Hall–Kier alpha value is -1.40. The van der Waals surface area contributed by atoms with E-state index in [0.29, 0.717) is 6.54 Å². The second-order valence-electron chi connectivity index (χ2n) is 2.83. The molecule has 6 heteroatoms. The Kier molecular flexibility index (Phi) is 7.21. The summed E-state index contributed by atoms with van der Waals surface area (Å²) in [6.45, 7) is 3.97. The first-order valence-electron chi connectivity index (χ1n) is 4.44. The summed E-state index contributed by atoms with van der Waals surface area (Å²) in [6.07, 6.45) is 1.61. The van der Waals surface area contributed by atoms with Gasteiger partial charge in [-0.15, -0.1) is 6.58 Å². The predicted molar refractivity (Wildman–Crippen MR) is 54.5 cm³/mol. The van der Waals surface area contributed by atoms with E-state index in [2.05, 4.69) is 21.9 Å². The second-order valence-corrected chi connectivity index (χ2v) is 2.83. The molecule has 0 aromatic carbocycles. The van der Waals surface area contributed by atoms with E-state index in [9.17, 15) is 9.59 Å².